The van der Waals surface area contributed by atoms with E-state index in [9.17, 15) is 13.2 Å². The van der Waals surface area contributed by atoms with Gasteiger partial charge in [0.25, 0.3) is 10.0 Å². The van der Waals surface area contributed by atoms with Gasteiger partial charge in [0.15, 0.2) is 16.6 Å². The van der Waals surface area contributed by atoms with Crippen molar-refractivity contribution in [2.75, 3.05) is 15.8 Å². The molecule has 11 nitrogen and oxygen atoms in total. The van der Waals surface area contributed by atoms with Gasteiger partial charge in [0, 0.05) is 28.8 Å². The maximum atomic E-state index is 12.5. The molecule has 5 rings (SSSR count). The van der Waals surface area contributed by atoms with E-state index in [1.165, 1.54) is 48.2 Å². The third kappa shape index (κ3) is 5.37. The number of hydrogen-bond donors (Lipinski definition) is 3. The zero-order valence-electron chi connectivity index (χ0n) is 18.3. The summed E-state index contributed by atoms with van der Waals surface area (Å²) in [5.41, 5.74) is 2.75. The van der Waals surface area contributed by atoms with Crippen LogP contribution in [0, 0.1) is 0 Å². The average Bonchev–Trinajstić information content (AvgIpc) is 3.23. The highest BCUT2D eigenvalue weighted by Crippen LogP contribution is 2.23. The number of nitrogens with one attached hydrogen (secondary N) is 3. The Labute approximate surface area is 214 Å². The van der Waals surface area contributed by atoms with Crippen LogP contribution in [0.1, 0.15) is 6.42 Å². The van der Waals surface area contributed by atoms with Crippen LogP contribution < -0.4 is 10.0 Å². The lowest BCUT2D eigenvalue weighted by Crippen LogP contribution is -2.15. The standard InChI is InChI=1S/C22H17ClN8O3S2/c23-17-9-10-18(28-27-17)31-36(33,34)14-7-5-13(6-8-14)24-19(32)11-12-35-22-26-21-20(29-30-22)15-3-1-2-4-16(15)25-21/h1-10H,11-12H2,(H,24,32)(H,28,31)(H,25,26,30). The zero-order chi connectivity index (χ0) is 25.1. The number of anilines is 2. The Balaban J connectivity index is 1.15. The minimum Gasteiger partial charge on any atom is -0.338 e. The van der Waals surface area contributed by atoms with Crippen molar-refractivity contribution < 1.29 is 13.2 Å². The highest BCUT2D eigenvalue weighted by molar-refractivity contribution is 7.99. The van der Waals surface area contributed by atoms with Gasteiger partial charge in [0.2, 0.25) is 11.1 Å². The molecule has 182 valence electrons. The highest BCUT2D eigenvalue weighted by Gasteiger charge is 2.16. The van der Waals surface area contributed by atoms with E-state index in [0.717, 1.165) is 10.9 Å². The minimum absolute atomic E-state index is 0.00447. The smallest absolute Gasteiger partial charge is 0.263 e. The number of thioether (sulfide) groups is 1. The summed E-state index contributed by atoms with van der Waals surface area (Å²) in [5, 5.41) is 20.0. The summed E-state index contributed by atoms with van der Waals surface area (Å²) in [7, 11) is -3.87. The number of nitrogens with zero attached hydrogens (tertiary/aromatic N) is 5. The van der Waals surface area contributed by atoms with Gasteiger partial charge in [0.05, 0.1) is 4.90 Å². The number of amides is 1. The Bertz CT molecular complexity index is 1660. The van der Waals surface area contributed by atoms with Crippen LogP contribution in [0.2, 0.25) is 5.15 Å². The highest BCUT2D eigenvalue weighted by atomic mass is 35.5. The van der Waals surface area contributed by atoms with Crippen LogP contribution in [0.25, 0.3) is 22.1 Å². The zero-order valence-corrected chi connectivity index (χ0v) is 20.7. The molecule has 1 amide bonds. The van der Waals surface area contributed by atoms with Crippen molar-refractivity contribution >= 4 is 72.9 Å². The Kier molecular flexibility index (Phi) is 6.67. The molecular weight excluding hydrogens is 524 g/mol. The summed E-state index contributed by atoms with van der Waals surface area (Å²) in [5.74, 6) is 0.252. The first-order chi connectivity index (χ1) is 17.4. The van der Waals surface area contributed by atoms with E-state index >= 15 is 0 Å². The molecular formula is C22H17ClN8O3S2. The number of hydrogen-bond acceptors (Lipinski definition) is 9. The normalized spacial score (nSPS) is 11.6. The summed E-state index contributed by atoms with van der Waals surface area (Å²) in [6.45, 7) is 0. The van der Waals surface area contributed by atoms with Crippen LogP contribution >= 0.6 is 23.4 Å². The third-order valence-electron chi connectivity index (χ3n) is 4.98. The molecule has 3 heterocycles. The topological polar surface area (TPSA) is 156 Å². The molecule has 3 aromatic heterocycles. The number of aromatic amines is 1. The van der Waals surface area contributed by atoms with Crippen LogP contribution in [0.5, 0.6) is 0 Å². The number of sulfonamides is 1. The van der Waals surface area contributed by atoms with Crippen molar-refractivity contribution in [2.24, 2.45) is 0 Å². The second-order valence-corrected chi connectivity index (χ2v) is 10.6. The molecule has 0 unspecified atom stereocenters. The van der Waals surface area contributed by atoms with E-state index in [0.29, 0.717) is 27.8 Å². The quantitative estimate of drug-likeness (QED) is 0.248. The van der Waals surface area contributed by atoms with Gasteiger partial charge < -0.3 is 10.3 Å². The Morgan fingerprint density at radius 3 is 2.56 bits per heavy atom. The summed E-state index contributed by atoms with van der Waals surface area (Å²) in [4.78, 5) is 20.0. The molecule has 0 saturated carbocycles. The second-order valence-electron chi connectivity index (χ2n) is 7.48. The van der Waals surface area contributed by atoms with Gasteiger partial charge in [0.1, 0.15) is 5.52 Å². The number of H-pyrrole nitrogens is 1. The fourth-order valence-corrected chi connectivity index (χ4v) is 5.13. The molecule has 0 fully saturated rings. The third-order valence-corrected chi connectivity index (χ3v) is 7.39. The van der Waals surface area contributed by atoms with Crippen LogP contribution in [0.4, 0.5) is 11.5 Å². The van der Waals surface area contributed by atoms with Crippen molar-refractivity contribution in [1.82, 2.24) is 30.4 Å². The number of carbonyl (C=O) groups excluding carboxylic acids is 1. The SMILES string of the molecule is O=C(CCSc1nnc2c(n1)[nH]c1ccccc12)Nc1ccc(S(=O)(=O)Nc2ccc(Cl)nn2)cc1. The van der Waals surface area contributed by atoms with Crippen molar-refractivity contribution in [2.45, 2.75) is 16.5 Å². The Hall–Kier alpha value is -3.81. The van der Waals surface area contributed by atoms with Gasteiger partial charge in [-0.15, -0.1) is 20.4 Å². The Morgan fingerprint density at radius 2 is 1.78 bits per heavy atom. The van der Waals surface area contributed by atoms with E-state index in [-0.39, 0.29) is 28.2 Å². The fourth-order valence-electron chi connectivity index (χ4n) is 3.31. The first kappa shape index (κ1) is 23.9. The molecule has 0 aliphatic heterocycles. The largest absolute Gasteiger partial charge is 0.338 e. The van der Waals surface area contributed by atoms with Crippen molar-refractivity contribution in [1.29, 1.82) is 0 Å². The summed E-state index contributed by atoms with van der Waals surface area (Å²) in [6, 6.07) is 16.4. The fraction of sp³-hybridized carbons (Fsp3) is 0.0909. The lowest BCUT2D eigenvalue weighted by Gasteiger charge is -2.08. The van der Waals surface area contributed by atoms with Crippen LogP contribution in [-0.2, 0) is 14.8 Å². The number of carbonyl (C=O) groups is 1. The number of halogens is 1. The van der Waals surface area contributed by atoms with Crippen molar-refractivity contribution in [3.05, 3.63) is 65.8 Å². The van der Waals surface area contributed by atoms with Gasteiger partial charge in [-0.1, -0.05) is 41.6 Å². The number of fused-ring (bicyclic) bond motifs is 3. The average molecular weight is 541 g/mol. The van der Waals surface area contributed by atoms with Gasteiger partial charge >= 0.3 is 0 Å². The Morgan fingerprint density at radius 1 is 0.972 bits per heavy atom. The molecule has 2 aromatic carbocycles. The van der Waals surface area contributed by atoms with Crippen LogP contribution in [-0.4, -0.2) is 50.4 Å². The van der Waals surface area contributed by atoms with Gasteiger partial charge in [-0.3, -0.25) is 9.52 Å². The van der Waals surface area contributed by atoms with E-state index < -0.39 is 10.0 Å². The second kappa shape index (κ2) is 10.0. The van der Waals surface area contributed by atoms with Gasteiger partial charge in [-0.25, -0.2) is 13.4 Å². The molecule has 0 aliphatic rings. The first-order valence-corrected chi connectivity index (χ1v) is 13.4. The van der Waals surface area contributed by atoms with E-state index in [1.54, 1.807) is 0 Å². The molecule has 0 aliphatic carbocycles. The number of benzene rings is 2. The summed E-state index contributed by atoms with van der Waals surface area (Å²) >= 11 is 6.98. The summed E-state index contributed by atoms with van der Waals surface area (Å²) < 4.78 is 27.3. The van der Waals surface area contributed by atoms with Crippen molar-refractivity contribution in [3.8, 4) is 0 Å². The predicted molar refractivity (Wildman–Crippen MR) is 137 cm³/mol. The molecule has 0 saturated heterocycles. The monoisotopic (exact) mass is 540 g/mol. The maximum Gasteiger partial charge on any atom is 0.263 e. The molecule has 36 heavy (non-hydrogen) atoms. The molecule has 0 atom stereocenters. The number of aromatic nitrogens is 6. The van der Waals surface area contributed by atoms with Gasteiger partial charge in [-0.05, 0) is 42.5 Å². The van der Waals surface area contributed by atoms with Crippen LogP contribution in [0.15, 0.2) is 70.7 Å². The lowest BCUT2D eigenvalue weighted by molar-refractivity contribution is -0.115. The minimum atomic E-state index is -3.87. The maximum absolute atomic E-state index is 12.5. The van der Waals surface area contributed by atoms with E-state index in [4.69, 9.17) is 11.6 Å². The van der Waals surface area contributed by atoms with Gasteiger partial charge in [-0.2, -0.15) is 0 Å². The molecule has 5 aromatic rings. The molecule has 0 bridgehead atoms. The number of para-hydroxylation sites is 1. The predicted octanol–water partition coefficient (Wildman–Crippen LogP) is 3.87. The molecule has 0 spiro atoms. The number of rotatable bonds is 8. The first-order valence-electron chi connectivity index (χ1n) is 10.5. The van der Waals surface area contributed by atoms with E-state index in [1.807, 2.05) is 24.3 Å². The van der Waals surface area contributed by atoms with Crippen LogP contribution in [0.3, 0.4) is 0 Å². The van der Waals surface area contributed by atoms with E-state index in [2.05, 4.69) is 40.4 Å². The lowest BCUT2D eigenvalue weighted by atomic mass is 10.2. The molecule has 14 heteroatoms. The molecule has 0 radical (unpaired) electrons. The summed E-state index contributed by atoms with van der Waals surface area (Å²) in [6.07, 6.45) is 0.204. The van der Waals surface area contributed by atoms with Crippen molar-refractivity contribution in [3.63, 3.8) is 0 Å². The molecule has 3 N–H and O–H groups in total.